The summed E-state index contributed by atoms with van der Waals surface area (Å²) in [6, 6.07) is 7.09. The minimum atomic E-state index is -0.0965. The van der Waals surface area contributed by atoms with Crippen molar-refractivity contribution in [2.45, 2.75) is 13.2 Å². The highest BCUT2D eigenvalue weighted by Crippen LogP contribution is 2.36. The number of rotatable bonds is 5. The SMILES string of the molecule is COc1cc(CO)cc(Cl)c1OCc1ccncc1. The van der Waals surface area contributed by atoms with Crippen LogP contribution in [0.4, 0.5) is 0 Å². The highest BCUT2D eigenvalue weighted by Gasteiger charge is 2.12. The molecule has 1 aromatic carbocycles. The summed E-state index contributed by atoms with van der Waals surface area (Å²) in [5, 5.41) is 9.53. The van der Waals surface area contributed by atoms with Gasteiger partial charge in [-0.05, 0) is 35.4 Å². The number of halogens is 1. The minimum Gasteiger partial charge on any atom is -0.493 e. The molecular weight excluding hydrogens is 266 g/mol. The van der Waals surface area contributed by atoms with E-state index < -0.39 is 0 Å². The van der Waals surface area contributed by atoms with Gasteiger partial charge in [-0.2, -0.15) is 0 Å². The Hall–Kier alpha value is -1.78. The van der Waals surface area contributed by atoms with Crippen LogP contribution in [0.15, 0.2) is 36.7 Å². The first-order valence-electron chi connectivity index (χ1n) is 5.73. The smallest absolute Gasteiger partial charge is 0.180 e. The maximum atomic E-state index is 9.12. The quantitative estimate of drug-likeness (QED) is 0.914. The van der Waals surface area contributed by atoms with E-state index in [1.54, 1.807) is 24.5 Å². The molecule has 0 spiro atoms. The molecule has 0 bridgehead atoms. The monoisotopic (exact) mass is 279 g/mol. The van der Waals surface area contributed by atoms with Crippen LogP contribution in [-0.4, -0.2) is 17.2 Å². The lowest BCUT2D eigenvalue weighted by molar-refractivity contribution is 0.274. The Balaban J connectivity index is 2.20. The molecule has 100 valence electrons. The van der Waals surface area contributed by atoms with Crippen LogP contribution in [-0.2, 0) is 13.2 Å². The highest BCUT2D eigenvalue weighted by molar-refractivity contribution is 6.32. The van der Waals surface area contributed by atoms with Gasteiger partial charge in [-0.1, -0.05) is 11.6 Å². The average molecular weight is 280 g/mol. The highest BCUT2D eigenvalue weighted by atomic mass is 35.5. The van der Waals surface area contributed by atoms with Gasteiger partial charge in [0, 0.05) is 12.4 Å². The molecule has 0 aliphatic rings. The Morgan fingerprint density at radius 3 is 2.58 bits per heavy atom. The van der Waals surface area contributed by atoms with Crippen LogP contribution in [0.3, 0.4) is 0 Å². The standard InChI is InChI=1S/C14H14ClNO3/c1-18-13-7-11(8-17)6-12(15)14(13)19-9-10-2-4-16-5-3-10/h2-7,17H,8-9H2,1H3. The topological polar surface area (TPSA) is 51.6 Å². The second-order valence-electron chi connectivity index (χ2n) is 3.91. The van der Waals surface area contributed by atoms with Gasteiger partial charge in [0.05, 0.1) is 18.7 Å². The lowest BCUT2D eigenvalue weighted by Gasteiger charge is -2.13. The van der Waals surface area contributed by atoms with Crippen molar-refractivity contribution in [1.82, 2.24) is 4.98 Å². The summed E-state index contributed by atoms with van der Waals surface area (Å²) < 4.78 is 10.9. The zero-order valence-electron chi connectivity index (χ0n) is 10.5. The number of aliphatic hydroxyl groups excluding tert-OH is 1. The van der Waals surface area contributed by atoms with Crippen LogP contribution in [0.25, 0.3) is 0 Å². The van der Waals surface area contributed by atoms with Crippen LogP contribution >= 0.6 is 11.6 Å². The number of nitrogens with zero attached hydrogens (tertiary/aromatic N) is 1. The van der Waals surface area contributed by atoms with Crippen molar-refractivity contribution >= 4 is 11.6 Å². The fraction of sp³-hybridized carbons (Fsp3) is 0.214. The summed E-state index contributed by atoms with van der Waals surface area (Å²) in [6.07, 6.45) is 3.40. The van der Waals surface area contributed by atoms with E-state index in [9.17, 15) is 0 Å². The van der Waals surface area contributed by atoms with Gasteiger partial charge >= 0.3 is 0 Å². The third-order valence-corrected chi connectivity index (χ3v) is 2.89. The van der Waals surface area contributed by atoms with Crippen molar-refractivity contribution in [1.29, 1.82) is 0 Å². The molecule has 0 aliphatic heterocycles. The maximum Gasteiger partial charge on any atom is 0.180 e. The number of hydrogen-bond donors (Lipinski definition) is 1. The Morgan fingerprint density at radius 1 is 1.21 bits per heavy atom. The van der Waals surface area contributed by atoms with Gasteiger partial charge < -0.3 is 14.6 Å². The Kier molecular flexibility index (Phi) is 4.60. The fourth-order valence-corrected chi connectivity index (χ4v) is 1.93. The summed E-state index contributed by atoms with van der Waals surface area (Å²) in [4.78, 5) is 3.94. The molecule has 2 aromatic rings. The number of pyridine rings is 1. The molecule has 1 aromatic heterocycles. The molecular formula is C14H14ClNO3. The third kappa shape index (κ3) is 3.36. The normalized spacial score (nSPS) is 10.3. The fourth-order valence-electron chi connectivity index (χ4n) is 1.64. The van der Waals surface area contributed by atoms with E-state index in [4.69, 9.17) is 26.2 Å². The first kappa shape index (κ1) is 13.6. The molecule has 0 amide bonds. The Labute approximate surface area is 116 Å². The first-order chi connectivity index (χ1) is 9.24. The predicted molar refractivity (Wildman–Crippen MR) is 72.5 cm³/mol. The van der Waals surface area contributed by atoms with Gasteiger partial charge in [0.25, 0.3) is 0 Å². The van der Waals surface area contributed by atoms with Gasteiger partial charge in [-0.25, -0.2) is 0 Å². The zero-order valence-corrected chi connectivity index (χ0v) is 11.2. The molecule has 0 aliphatic carbocycles. The average Bonchev–Trinajstić information content (AvgIpc) is 2.46. The molecule has 2 rings (SSSR count). The lowest BCUT2D eigenvalue weighted by atomic mass is 10.2. The maximum absolute atomic E-state index is 9.12. The molecule has 0 fully saturated rings. The molecule has 1 heterocycles. The van der Waals surface area contributed by atoms with Crippen molar-refractivity contribution < 1.29 is 14.6 Å². The number of aliphatic hydroxyl groups is 1. The van der Waals surface area contributed by atoms with E-state index in [1.165, 1.54) is 7.11 Å². The van der Waals surface area contributed by atoms with Gasteiger partial charge in [0.1, 0.15) is 6.61 Å². The summed E-state index contributed by atoms with van der Waals surface area (Å²) in [5.74, 6) is 0.976. The zero-order chi connectivity index (χ0) is 13.7. The van der Waals surface area contributed by atoms with E-state index in [1.807, 2.05) is 12.1 Å². The molecule has 0 radical (unpaired) electrons. The van der Waals surface area contributed by atoms with E-state index in [2.05, 4.69) is 4.98 Å². The second-order valence-corrected chi connectivity index (χ2v) is 4.32. The molecule has 4 nitrogen and oxygen atoms in total. The third-order valence-electron chi connectivity index (χ3n) is 2.60. The van der Waals surface area contributed by atoms with Crippen molar-refractivity contribution in [2.75, 3.05) is 7.11 Å². The number of hydrogen-bond acceptors (Lipinski definition) is 4. The van der Waals surface area contributed by atoms with Gasteiger partial charge in [-0.15, -0.1) is 0 Å². The number of aromatic nitrogens is 1. The predicted octanol–water partition coefficient (Wildman–Crippen LogP) is 2.81. The van der Waals surface area contributed by atoms with Gasteiger partial charge in [0.2, 0.25) is 0 Å². The lowest BCUT2D eigenvalue weighted by Crippen LogP contribution is -1.99. The summed E-state index contributed by atoms with van der Waals surface area (Å²) >= 11 is 6.13. The van der Waals surface area contributed by atoms with E-state index in [-0.39, 0.29) is 6.61 Å². The number of ether oxygens (including phenoxy) is 2. The van der Waals surface area contributed by atoms with Crippen molar-refractivity contribution in [2.24, 2.45) is 0 Å². The summed E-state index contributed by atoms with van der Waals surface area (Å²) in [5.41, 5.74) is 1.66. The molecule has 1 N–H and O–H groups in total. The van der Waals surface area contributed by atoms with Crippen LogP contribution in [0.2, 0.25) is 5.02 Å². The van der Waals surface area contributed by atoms with Crippen LogP contribution < -0.4 is 9.47 Å². The molecule has 0 atom stereocenters. The molecule has 5 heteroatoms. The van der Waals surface area contributed by atoms with E-state index in [0.717, 1.165) is 5.56 Å². The number of methoxy groups -OCH3 is 1. The minimum absolute atomic E-state index is 0.0965. The first-order valence-corrected chi connectivity index (χ1v) is 6.11. The number of benzene rings is 1. The van der Waals surface area contributed by atoms with Gasteiger partial charge in [-0.3, -0.25) is 4.98 Å². The summed E-state index contributed by atoms with van der Waals surface area (Å²) in [6.45, 7) is 0.276. The van der Waals surface area contributed by atoms with Crippen LogP contribution in [0.1, 0.15) is 11.1 Å². The van der Waals surface area contributed by atoms with E-state index in [0.29, 0.717) is 28.7 Å². The van der Waals surface area contributed by atoms with Crippen molar-refractivity contribution in [3.05, 3.63) is 52.8 Å². The second kappa shape index (κ2) is 6.41. The summed E-state index contributed by atoms with van der Waals surface area (Å²) in [7, 11) is 1.53. The van der Waals surface area contributed by atoms with Crippen LogP contribution in [0.5, 0.6) is 11.5 Å². The largest absolute Gasteiger partial charge is 0.493 e. The Bertz CT molecular complexity index is 546. The molecule has 0 unspecified atom stereocenters. The molecule has 0 saturated heterocycles. The molecule has 0 saturated carbocycles. The van der Waals surface area contributed by atoms with E-state index >= 15 is 0 Å². The molecule has 19 heavy (non-hydrogen) atoms. The van der Waals surface area contributed by atoms with Crippen LogP contribution in [0, 0.1) is 0 Å². The van der Waals surface area contributed by atoms with Crippen molar-refractivity contribution in [3.63, 3.8) is 0 Å². The Morgan fingerprint density at radius 2 is 1.95 bits per heavy atom. The van der Waals surface area contributed by atoms with Crippen molar-refractivity contribution in [3.8, 4) is 11.5 Å². The van der Waals surface area contributed by atoms with Gasteiger partial charge in [0.15, 0.2) is 11.5 Å².